The average Bonchev–Trinajstić information content (AvgIpc) is 3.50. The third-order valence-electron chi connectivity index (χ3n) is 6.34. The van der Waals surface area contributed by atoms with Gasteiger partial charge in [0.15, 0.2) is 5.11 Å². The summed E-state index contributed by atoms with van der Waals surface area (Å²) in [4.78, 5) is 6.71. The third-order valence-corrected chi connectivity index (χ3v) is 6.66. The van der Waals surface area contributed by atoms with Crippen molar-refractivity contribution >= 4 is 23.0 Å². The van der Waals surface area contributed by atoms with Crippen molar-refractivity contribution in [3.05, 3.63) is 83.7 Å². The number of benzene rings is 1. The van der Waals surface area contributed by atoms with Crippen LogP contribution >= 0.6 is 12.2 Å². The maximum absolute atomic E-state index is 13.9. The molecule has 4 nitrogen and oxygen atoms in total. The Morgan fingerprint density at radius 3 is 2.70 bits per heavy atom. The molecular formula is C24H25FN4S. The lowest BCUT2D eigenvalue weighted by Crippen LogP contribution is -2.29. The van der Waals surface area contributed by atoms with E-state index < -0.39 is 0 Å². The zero-order chi connectivity index (χ0) is 20.7. The molecule has 0 unspecified atom stereocenters. The summed E-state index contributed by atoms with van der Waals surface area (Å²) < 4.78 is 16.3. The van der Waals surface area contributed by atoms with Gasteiger partial charge in [-0.15, -0.1) is 0 Å². The molecule has 0 radical (unpaired) electrons. The Balaban J connectivity index is 1.58. The summed E-state index contributed by atoms with van der Waals surface area (Å²) in [6, 6.07) is 13.8. The van der Waals surface area contributed by atoms with Crippen molar-refractivity contribution in [1.29, 1.82) is 0 Å². The Morgan fingerprint density at radius 1 is 1.13 bits per heavy atom. The fourth-order valence-electron chi connectivity index (χ4n) is 4.79. The zero-order valence-electron chi connectivity index (χ0n) is 17.0. The number of aryl methyl sites for hydroxylation is 1. The van der Waals surface area contributed by atoms with Crippen molar-refractivity contribution in [2.24, 2.45) is 0 Å². The van der Waals surface area contributed by atoms with Crippen molar-refractivity contribution in [3.63, 3.8) is 0 Å². The molecule has 1 N–H and O–H groups in total. The van der Waals surface area contributed by atoms with Gasteiger partial charge >= 0.3 is 0 Å². The number of hydrogen-bond donors (Lipinski definition) is 1. The number of rotatable bonds is 4. The largest absolute Gasteiger partial charge is 0.351 e. The summed E-state index contributed by atoms with van der Waals surface area (Å²) in [6.07, 6.45) is 11.3. The summed E-state index contributed by atoms with van der Waals surface area (Å²) in [5.74, 6) is -0.206. The van der Waals surface area contributed by atoms with Crippen LogP contribution < -0.4 is 10.2 Å². The van der Waals surface area contributed by atoms with E-state index in [0.717, 1.165) is 11.4 Å². The fourth-order valence-corrected chi connectivity index (χ4v) is 5.13. The van der Waals surface area contributed by atoms with E-state index in [1.54, 1.807) is 13.0 Å². The normalized spacial score (nSPS) is 21.9. The summed E-state index contributed by atoms with van der Waals surface area (Å²) in [5.41, 5.74) is 3.63. The molecule has 3 aromatic rings. The van der Waals surface area contributed by atoms with Crippen molar-refractivity contribution in [2.75, 3.05) is 4.90 Å². The minimum atomic E-state index is -0.206. The van der Waals surface area contributed by atoms with Gasteiger partial charge in [0.05, 0.1) is 17.8 Å². The minimum Gasteiger partial charge on any atom is -0.351 e. The molecule has 0 amide bonds. The highest BCUT2D eigenvalue weighted by Crippen LogP contribution is 2.42. The predicted octanol–water partition coefficient (Wildman–Crippen LogP) is 5.62. The van der Waals surface area contributed by atoms with Gasteiger partial charge in [-0.05, 0) is 79.5 Å². The van der Waals surface area contributed by atoms with Gasteiger partial charge in [-0.2, -0.15) is 0 Å². The minimum absolute atomic E-state index is 0.0556. The van der Waals surface area contributed by atoms with E-state index >= 15 is 0 Å². The van der Waals surface area contributed by atoms with Crippen LogP contribution in [-0.2, 0) is 0 Å². The van der Waals surface area contributed by atoms with Gasteiger partial charge in [0.25, 0.3) is 0 Å². The van der Waals surface area contributed by atoms with Gasteiger partial charge in [-0.3, -0.25) is 4.98 Å². The molecule has 2 atom stereocenters. The van der Waals surface area contributed by atoms with Crippen LogP contribution in [0.15, 0.2) is 61.1 Å². The lowest BCUT2D eigenvalue weighted by Gasteiger charge is -2.27. The maximum atomic E-state index is 13.9. The number of aromatic nitrogens is 2. The van der Waals surface area contributed by atoms with E-state index in [9.17, 15) is 4.39 Å². The molecule has 5 rings (SSSR count). The highest BCUT2D eigenvalue weighted by Gasteiger charge is 2.41. The first-order valence-electron chi connectivity index (χ1n) is 10.6. The molecule has 2 fully saturated rings. The monoisotopic (exact) mass is 420 g/mol. The van der Waals surface area contributed by atoms with Gasteiger partial charge < -0.3 is 14.8 Å². The number of pyridine rings is 1. The number of halogens is 1. The van der Waals surface area contributed by atoms with Gasteiger partial charge in [0.2, 0.25) is 0 Å². The van der Waals surface area contributed by atoms with Gasteiger partial charge in [0.1, 0.15) is 5.82 Å². The van der Waals surface area contributed by atoms with Crippen LogP contribution in [0.4, 0.5) is 10.1 Å². The summed E-state index contributed by atoms with van der Waals surface area (Å²) >= 11 is 5.75. The van der Waals surface area contributed by atoms with Gasteiger partial charge in [-0.1, -0.05) is 18.9 Å². The second-order valence-electron chi connectivity index (χ2n) is 8.26. The maximum Gasteiger partial charge on any atom is 0.174 e. The highest BCUT2D eigenvalue weighted by molar-refractivity contribution is 7.80. The summed E-state index contributed by atoms with van der Waals surface area (Å²) in [6.45, 7) is 1.78. The molecule has 0 spiro atoms. The van der Waals surface area contributed by atoms with Gasteiger partial charge in [0, 0.05) is 30.3 Å². The molecule has 6 heteroatoms. The molecule has 154 valence electrons. The van der Waals surface area contributed by atoms with E-state index in [0.29, 0.717) is 16.7 Å². The topological polar surface area (TPSA) is 33.1 Å². The fraction of sp³-hybridized carbons (Fsp3) is 0.333. The van der Waals surface area contributed by atoms with Crippen molar-refractivity contribution < 1.29 is 4.39 Å². The molecule has 1 aromatic carbocycles. The average molecular weight is 421 g/mol. The first kappa shape index (κ1) is 19.2. The number of nitrogens with zero attached hydrogens (tertiary/aromatic N) is 3. The van der Waals surface area contributed by atoms with Crippen LogP contribution in [0.25, 0.3) is 0 Å². The Labute approximate surface area is 181 Å². The first-order valence-corrected chi connectivity index (χ1v) is 11.0. The number of thiocarbonyl (C=S) groups is 1. The number of hydrogen-bond acceptors (Lipinski definition) is 2. The van der Waals surface area contributed by atoms with Crippen LogP contribution in [0.3, 0.4) is 0 Å². The third kappa shape index (κ3) is 3.39. The van der Waals surface area contributed by atoms with Crippen LogP contribution in [0.1, 0.15) is 60.6 Å². The van der Waals surface area contributed by atoms with E-state index in [2.05, 4.69) is 38.2 Å². The number of nitrogens with one attached hydrogen (secondary N) is 1. The second kappa shape index (κ2) is 7.84. The van der Waals surface area contributed by atoms with Crippen LogP contribution in [0.5, 0.6) is 0 Å². The van der Waals surface area contributed by atoms with E-state index in [1.807, 2.05) is 30.5 Å². The molecule has 30 heavy (non-hydrogen) atoms. The van der Waals surface area contributed by atoms with E-state index in [4.69, 9.17) is 12.2 Å². The van der Waals surface area contributed by atoms with Gasteiger partial charge in [-0.25, -0.2) is 4.39 Å². The van der Waals surface area contributed by atoms with Crippen LogP contribution in [0.2, 0.25) is 0 Å². The summed E-state index contributed by atoms with van der Waals surface area (Å²) in [7, 11) is 0. The molecule has 1 aliphatic carbocycles. The Bertz CT molecular complexity index is 1060. The molecule has 3 heterocycles. The van der Waals surface area contributed by atoms with E-state index in [-0.39, 0.29) is 17.9 Å². The standard InChI is InChI=1S/C24H25FN4S/c1-16-14-19(9-10-20(16)25)29-23(17-11-13-28(15-17)18-6-2-3-7-18)22(27-24(29)30)21-8-4-5-12-26-21/h4-5,8-15,18,22-23H,2-3,6-7H2,1H3,(H,27,30)/t22-,23+/m1/s1. The summed E-state index contributed by atoms with van der Waals surface area (Å²) in [5, 5.41) is 4.11. The lowest BCUT2D eigenvalue weighted by atomic mass is 9.98. The zero-order valence-corrected chi connectivity index (χ0v) is 17.8. The molecule has 1 saturated heterocycles. The van der Waals surface area contributed by atoms with Crippen LogP contribution in [0, 0.1) is 12.7 Å². The first-order chi connectivity index (χ1) is 14.6. The quantitative estimate of drug-likeness (QED) is 0.555. The molecule has 1 saturated carbocycles. The van der Waals surface area contributed by atoms with Crippen molar-refractivity contribution in [3.8, 4) is 0 Å². The SMILES string of the molecule is Cc1cc(N2C(=S)N[C@H](c3ccccn3)[C@@H]2c2ccn(C3CCCC3)c2)ccc1F. The predicted molar refractivity (Wildman–Crippen MR) is 121 cm³/mol. The second-order valence-corrected chi connectivity index (χ2v) is 8.65. The lowest BCUT2D eigenvalue weighted by molar-refractivity contribution is 0.515. The molecule has 0 bridgehead atoms. The Morgan fingerprint density at radius 2 is 1.97 bits per heavy atom. The molecular weight excluding hydrogens is 395 g/mol. The van der Waals surface area contributed by atoms with Crippen LogP contribution in [-0.4, -0.2) is 14.7 Å². The highest BCUT2D eigenvalue weighted by atomic mass is 32.1. The molecule has 2 aliphatic rings. The smallest absolute Gasteiger partial charge is 0.174 e. The Hall–Kier alpha value is -2.73. The Kier molecular flexibility index (Phi) is 5.03. The van der Waals surface area contributed by atoms with Crippen molar-refractivity contribution in [1.82, 2.24) is 14.9 Å². The molecule has 2 aromatic heterocycles. The number of anilines is 1. The van der Waals surface area contributed by atoms with E-state index in [1.165, 1.54) is 37.3 Å². The molecule has 1 aliphatic heterocycles. The van der Waals surface area contributed by atoms with Crippen molar-refractivity contribution in [2.45, 2.75) is 50.7 Å².